The van der Waals surface area contributed by atoms with Crippen LogP contribution in [0.25, 0.3) is 0 Å². The zero-order chi connectivity index (χ0) is 12.3. The lowest BCUT2D eigenvalue weighted by Crippen LogP contribution is -2.13. The number of hydrogen-bond donors (Lipinski definition) is 1. The summed E-state index contributed by atoms with van der Waals surface area (Å²) >= 11 is 11.2. The van der Waals surface area contributed by atoms with Gasteiger partial charge >= 0.3 is 6.18 Å². The zero-order valence-electron chi connectivity index (χ0n) is 7.81. The molecule has 1 heterocycles. The number of nitrogens with zero attached hydrogens (tertiary/aromatic N) is 1. The molecule has 0 amide bonds. The second-order valence-corrected chi connectivity index (χ2v) is 3.67. The first-order valence-electron chi connectivity index (χ1n) is 4.10. The summed E-state index contributed by atoms with van der Waals surface area (Å²) in [6, 6.07) is 1.26. The molecular weight excluding hydrogens is 268 g/mol. The van der Waals surface area contributed by atoms with Gasteiger partial charge in [0.25, 0.3) is 0 Å². The third kappa shape index (κ3) is 3.94. The van der Waals surface area contributed by atoms with E-state index < -0.39 is 19.2 Å². The van der Waals surface area contributed by atoms with Crippen LogP contribution < -0.4 is 10.5 Å². The van der Waals surface area contributed by atoms with E-state index in [4.69, 9.17) is 33.7 Å². The smallest absolute Gasteiger partial charge is 0.392 e. The summed E-state index contributed by atoms with van der Waals surface area (Å²) in [5, 5.41) is 0.134. The van der Waals surface area contributed by atoms with Gasteiger partial charge in [0.15, 0.2) is 0 Å². The lowest BCUT2D eigenvalue weighted by Gasteiger charge is -2.09. The molecule has 1 aromatic heterocycles. The van der Waals surface area contributed by atoms with Crippen LogP contribution in [-0.4, -0.2) is 17.8 Å². The van der Waals surface area contributed by atoms with Gasteiger partial charge in [0.1, 0.15) is 10.8 Å². The van der Waals surface area contributed by atoms with Crippen molar-refractivity contribution in [1.82, 2.24) is 4.98 Å². The molecule has 0 bridgehead atoms. The molecule has 0 atom stereocenters. The van der Waals surface area contributed by atoms with Crippen molar-refractivity contribution in [3.63, 3.8) is 0 Å². The number of pyridine rings is 1. The molecule has 0 aliphatic heterocycles. The average Bonchev–Trinajstić information content (AvgIpc) is 2.11. The number of aromatic nitrogens is 1. The minimum Gasteiger partial charge on any atom is -0.476 e. The normalized spacial score (nSPS) is 11.6. The molecule has 0 aliphatic rings. The SMILES string of the molecule is Nc1nc(OCCC(F)(F)F)c(Cl)cc1Cl. The van der Waals surface area contributed by atoms with Crippen LogP contribution in [0.2, 0.25) is 10.0 Å². The summed E-state index contributed by atoms with van der Waals surface area (Å²) in [7, 11) is 0. The lowest BCUT2D eigenvalue weighted by molar-refractivity contribution is -0.139. The van der Waals surface area contributed by atoms with Gasteiger partial charge < -0.3 is 10.5 Å². The fourth-order valence-corrected chi connectivity index (χ4v) is 1.24. The van der Waals surface area contributed by atoms with E-state index in [1.54, 1.807) is 0 Å². The molecule has 3 nitrogen and oxygen atoms in total. The van der Waals surface area contributed by atoms with Crippen molar-refractivity contribution in [1.29, 1.82) is 0 Å². The number of hydrogen-bond acceptors (Lipinski definition) is 3. The Morgan fingerprint density at radius 2 is 1.94 bits per heavy atom. The second kappa shape index (κ2) is 4.97. The molecule has 0 aliphatic carbocycles. The Balaban J connectivity index is 2.64. The predicted molar refractivity (Wildman–Crippen MR) is 54.8 cm³/mol. The number of anilines is 1. The first-order valence-corrected chi connectivity index (χ1v) is 4.86. The Labute approximate surface area is 99.3 Å². The molecule has 16 heavy (non-hydrogen) atoms. The van der Waals surface area contributed by atoms with E-state index in [1.165, 1.54) is 6.07 Å². The Morgan fingerprint density at radius 3 is 2.50 bits per heavy atom. The molecule has 0 spiro atoms. The van der Waals surface area contributed by atoms with Gasteiger partial charge in [0.2, 0.25) is 5.88 Å². The van der Waals surface area contributed by atoms with Gasteiger partial charge in [0.05, 0.1) is 18.1 Å². The summed E-state index contributed by atoms with van der Waals surface area (Å²) in [5.41, 5.74) is 5.34. The lowest BCUT2D eigenvalue weighted by atomic mass is 10.4. The third-order valence-corrected chi connectivity index (χ3v) is 2.12. The number of ether oxygens (including phenoxy) is 1. The summed E-state index contributed by atoms with van der Waals surface area (Å²) in [5.74, 6) is -0.208. The molecule has 90 valence electrons. The Hall–Kier alpha value is -0.880. The van der Waals surface area contributed by atoms with E-state index in [1.807, 2.05) is 0 Å². The number of nitrogens with two attached hydrogens (primary N) is 1. The zero-order valence-corrected chi connectivity index (χ0v) is 9.33. The third-order valence-electron chi connectivity index (χ3n) is 1.55. The van der Waals surface area contributed by atoms with E-state index in [0.29, 0.717) is 0 Å². The topological polar surface area (TPSA) is 48.1 Å². The fourth-order valence-electron chi connectivity index (χ4n) is 0.828. The first kappa shape index (κ1) is 13.2. The summed E-state index contributed by atoms with van der Waals surface area (Å²) in [6.07, 6.45) is -5.38. The van der Waals surface area contributed by atoms with E-state index in [0.717, 1.165) is 0 Å². The van der Waals surface area contributed by atoms with Gasteiger partial charge in [0, 0.05) is 0 Å². The Bertz CT molecular complexity index is 384. The van der Waals surface area contributed by atoms with Crippen LogP contribution in [0.1, 0.15) is 6.42 Å². The van der Waals surface area contributed by atoms with Crippen LogP contribution in [0.15, 0.2) is 6.07 Å². The molecule has 0 fully saturated rings. The summed E-state index contributed by atoms with van der Waals surface area (Å²) in [6.45, 7) is -0.572. The molecule has 0 aromatic carbocycles. The van der Waals surface area contributed by atoms with Crippen LogP contribution in [-0.2, 0) is 0 Å². The van der Waals surface area contributed by atoms with Gasteiger partial charge in [-0.05, 0) is 6.07 Å². The molecule has 1 aromatic rings. The summed E-state index contributed by atoms with van der Waals surface area (Å²) in [4.78, 5) is 3.62. The van der Waals surface area contributed by atoms with E-state index in [2.05, 4.69) is 4.98 Å². The highest BCUT2D eigenvalue weighted by atomic mass is 35.5. The Morgan fingerprint density at radius 1 is 1.31 bits per heavy atom. The maximum absolute atomic E-state index is 11.8. The van der Waals surface area contributed by atoms with Gasteiger partial charge in [-0.2, -0.15) is 18.2 Å². The van der Waals surface area contributed by atoms with E-state index >= 15 is 0 Å². The standard InChI is InChI=1S/C8H7Cl2F3N2O/c9-4-3-5(10)7(15-6(4)14)16-2-1-8(11,12)13/h3H,1-2H2,(H2,14,15). The van der Waals surface area contributed by atoms with Crippen LogP contribution in [0.5, 0.6) is 5.88 Å². The van der Waals surface area contributed by atoms with Crippen LogP contribution in [0.3, 0.4) is 0 Å². The highest BCUT2D eigenvalue weighted by molar-refractivity contribution is 6.36. The van der Waals surface area contributed by atoms with Crippen molar-refractivity contribution < 1.29 is 17.9 Å². The Kier molecular flexibility index (Phi) is 4.09. The number of nitrogen functional groups attached to an aromatic ring is 1. The molecule has 0 saturated heterocycles. The molecule has 0 radical (unpaired) electrons. The monoisotopic (exact) mass is 274 g/mol. The quantitative estimate of drug-likeness (QED) is 0.920. The first-order chi connectivity index (χ1) is 7.29. The highest BCUT2D eigenvalue weighted by Gasteiger charge is 2.27. The summed E-state index contributed by atoms with van der Waals surface area (Å²) < 4.78 is 40.2. The van der Waals surface area contributed by atoms with Crippen LogP contribution in [0.4, 0.5) is 19.0 Å². The predicted octanol–water partition coefficient (Wildman–Crippen LogP) is 3.30. The fraction of sp³-hybridized carbons (Fsp3) is 0.375. The minimum atomic E-state index is -4.29. The van der Waals surface area contributed by atoms with Crippen molar-refractivity contribution in [3.05, 3.63) is 16.1 Å². The van der Waals surface area contributed by atoms with Crippen LogP contribution >= 0.6 is 23.2 Å². The second-order valence-electron chi connectivity index (χ2n) is 2.86. The molecule has 1 rings (SSSR count). The molecule has 0 saturated carbocycles. The van der Waals surface area contributed by atoms with Crippen molar-refractivity contribution in [2.24, 2.45) is 0 Å². The van der Waals surface area contributed by atoms with Gasteiger partial charge in [-0.1, -0.05) is 23.2 Å². The number of halogens is 5. The van der Waals surface area contributed by atoms with Gasteiger partial charge in [-0.3, -0.25) is 0 Å². The van der Waals surface area contributed by atoms with E-state index in [-0.39, 0.29) is 21.7 Å². The highest BCUT2D eigenvalue weighted by Crippen LogP contribution is 2.29. The van der Waals surface area contributed by atoms with Crippen molar-refractivity contribution in [2.45, 2.75) is 12.6 Å². The average molecular weight is 275 g/mol. The van der Waals surface area contributed by atoms with Crippen molar-refractivity contribution in [2.75, 3.05) is 12.3 Å². The largest absolute Gasteiger partial charge is 0.476 e. The maximum Gasteiger partial charge on any atom is 0.392 e. The molecular formula is C8H7Cl2F3N2O. The molecule has 2 N–H and O–H groups in total. The number of alkyl halides is 3. The van der Waals surface area contributed by atoms with Gasteiger partial charge in [-0.15, -0.1) is 0 Å². The minimum absolute atomic E-state index is 0.0152. The maximum atomic E-state index is 11.8. The van der Waals surface area contributed by atoms with Crippen LogP contribution in [0, 0.1) is 0 Å². The molecule has 0 unspecified atom stereocenters. The van der Waals surface area contributed by atoms with Gasteiger partial charge in [-0.25, -0.2) is 0 Å². The number of rotatable bonds is 3. The van der Waals surface area contributed by atoms with Crippen molar-refractivity contribution in [3.8, 4) is 5.88 Å². The van der Waals surface area contributed by atoms with E-state index in [9.17, 15) is 13.2 Å². The molecule has 8 heteroatoms. The van der Waals surface area contributed by atoms with Crippen molar-refractivity contribution >= 4 is 29.0 Å².